The van der Waals surface area contributed by atoms with Gasteiger partial charge in [-0.3, -0.25) is 0 Å². The number of benzene rings is 2. The molecule has 47 heavy (non-hydrogen) atoms. The van der Waals surface area contributed by atoms with E-state index < -0.39 is 5.97 Å². The first-order chi connectivity index (χ1) is 23.2. The molecule has 0 saturated heterocycles. The molecule has 0 amide bonds. The topological polar surface area (TPSA) is 77.9 Å². The van der Waals surface area contributed by atoms with Gasteiger partial charge >= 0.3 is 5.97 Å². The van der Waals surface area contributed by atoms with E-state index in [9.17, 15) is 4.79 Å². The fraction of sp³-hybridized carbons (Fsp3) is 0.488. The number of rotatable bonds is 22. The van der Waals surface area contributed by atoms with Crippen LogP contribution < -0.4 is 4.74 Å². The summed E-state index contributed by atoms with van der Waals surface area (Å²) in [5.41, 5.74) is 4.57. The lowest BCUT2D eigenvalue weighted by atomic mass is 10.1. The van der Waals surface area contributed by atoms with Crippen LogP contribution in [0.3, 0.4) is 0 Å². The van der Waals surface area contributed by atoms with E-state index in [1.165, 1.54) is 114 Å². The van der Waals surface area contributed by atoms with Gasteiger partial charge in [-0.1, -0.05) is 116 Å². The van der Waals surface area contributed by atoms with Gasteiger partial charge in [-0.05, 0) is 73.2 Å². The molecule has 0 aliphatic heterocycles. The van der Waals surface area contributed by atoms with Crippen molar-refractivity contribution < 1.29 is 9.53 Å². The number of esters is 1. The molecule has 0 radical (unpaired) electrons. The normalized spacial score (nSPS) is 11.1. The molecule has 0 saturated carbocycles. The largest absolute Gasteiger partial charge is 0.423 e. The second-order valence-electron chi connectivity index (χ2n) is 12.8. The number of hydrogen-bond donors (Lipinski definition) is 0. The molecular weight excluding hydrogens is 580 g/mol. The van der Waals surface area contributed by atoms with Crippen LogP contribution in [0.2, 0.25) is 0 Å². The van der Waals surface area contributed by atoms with Crippen LogP contribution in [0.4, 0.5) is 0 Å². The van der Waals surface area contributed by atoms with Crippen molar-refractivity contribution in [1.29, 1.82) is 0 Å². The molecule has 0 aliphatic rings. The zero-order valence-corrected chi connectivity index (χ0v) is 28.8. The van der Waals surface area contributed by atoms with Crippen molar-refractivity contribution in [3.63, 3.8) is 0 Å². The first kappa shape index (κ1) is 35.9. The van der Waals surface area contributed by atoms with Crippen molar-refractivity contribution in [1.82, 2.24) is 19.9 Å². The molecule has 2 heterocycles. The monoisotopic (exact) mass is 634 g/mol. The quantitative estimate of drug-likeness (QED) is 0.0486. The van der Waals surface area contributed by atoms with Gasteiger partial charge in [0.05, 0.1) is 5.56 Å². The van der Waals surface area contributed by atoms with Gasteiger partial charge in [-0.15, -0.1) is 0 Å². The van der Waals surface area contributed by atoms with E-state index in [1.54, 1.807) is 24.3 Å². The molecule has 0 aliphatic carbocycles. The van der Waals surface area contributed by atoms with Gasteiger partial charge in [0, 0.05) is 35.9 Å². The molecule has 6 heteroatoms. The fourth-order valence-corrected chi connectivity index (χ4v) is 5.79. The van der Waals surface area contributed by atoms with Crippen molar-refractivity contribution in [3.8, 4) is 28.5 Å². The number of nitrogens with zero attached hydrogens (tertiary/aromatic N) is 4. The van der Waals surface area contributed by atoms with Gasteiger partial charge < -0.3 is 4.74 Å². The average Bonchev–Trinajstić information content (AvgIpc) is 3.11. The van der Waals surface area contributed by atoms with Crippen LogP contribution in [0.15, 0.2) is 73.3 Å². The summed E-state index contributed by atoms with van der Waals surface area (Å²) in [7, 11) is 0. The van der Waals surface area contributed by atoms with Crippen LogP contribution in [0.1, 0.15) is 138 Å². The van der Waals surface area contributed by atoms with Gasteiger partial charge in [0.2, 0.25) is 0 Å². The molecule has 4 rings (SSSR count). The second kappa shape index (κ2) is 21.0. The third-order valence-electron chi connectivity index (χ3n) is 8.75. The summed E-state index contributed by atoms with van der Waals surface area (Å²) in [5.74, 6) is 1.39. The minimum Gasteiger partial charge on any atom is -0.423 e. The predicted octanol–water partition coefficient (Wildman–Crippen LogP) is 11.2. The highest BCUT2D eigenvalue weighted by Gasteiger charge is 2.11. The Hall–Kier alpha value is -3.93. The highest BCUT2D eigenvalue weighted by molar-refractivity contribution is 5.91. The lowest BCUT2D eigenvalue weighted by molar-refractivity contribution is 0.0735. The first-order valence-corrected chi connectivity index (χ1v) is 18.2. The Balaban J connectivity index is 1.18. The smallest absolute Gasteiger partial charge is 0.343 e. The molecule has 2 aromatic heterocycles. The van der Waals surface area contributed by atoms with E-state index in [0.29, 0.717) is 23.0 Å². The summed E-state index contributed by atoms with van der Waals surface area (Å²) < 4.78 is 5.63. The molecule has 0 unspecified atom stereocenters. The third kappa shape index (κ3) is 13.0. The molecule has 0 fully saturated rings. The molecule has 0 N–H and O–H groups in total. The summed E-state index contributed by atoms with van der Waals surface area (Å²) in [6.45, 7) is 4.52. The van der Waals surface area contributed by atoms with Crippen LogP contribution in [0.25, 0.3) is 22.8 Å². The number of unbranched alkanes of at least 4 members (excludes halogenated alkanes) is 14. The zero-order valence-electron chi connectivity index (χ0n) is 28.8. The molecule has 0 bridgehead atoms. The van der Waals surface area contributed by atoms with Crippen molar-refractivity contribution in [3.05, 3.63) is 90.0 Å². The number of carbonyl (C=O) groups is 1. The lowest BCUT2D eigenvalue weighted by Gasteiger charge is -2.07. The maximum Gasteiger partial charge on any atom is 0.343 e. The average molecular weight is 635 g/mol. The van der Waals surface area contributed by atoms with Crippen LogP contribution in [0, 0.1) is 0 Å². The maximum atomic E-state index is 12.8. The van der Waals surface area contributed by atoms with Gasteiger partial charge in [0.25, 0.3) is 0 Å². The van der Waals surface area contributed by atoms with Gasteiger partial charge in [-0.2, -0.15) is 0 Å². The molecule has 6 nitrogen and oxygen atoms in total. The summed E-state index contributed by atoms with van der Waals surface area (Å²) in [5, 5.41) is 0. The van der Waals surface area contributed by atoms with Crippen LogP contribution in [-0.2, 0) is 12.8 Å². The van der Waals surface area contributed by atoms with E-state index in [4.69, 9.17) is 4.74 Å². The van der Waals surface area contributed by atoms with Crippen molar-refractivity contribution in [2.24, 2.45) is 0 Å². The number of aromatic nitrogens is 4. The molecule has 0 atom stereocenters. The van der Waals surface area contributed by atoms with Crippen molar-refractivity contribution in [2.45, 2.75) is 129 Å². The molecule has 250 valence electrons. The Morgan fingerprint density at radius 1 is 0.489 bits per heavy atom. The predicted molar refractivity (Wildman–Crippen MR) is 193 cm³/mol. The molecular formula is C41H54N4O2. The highest BCUT2D eigenvalue weighted by Crippen LogP contribution is 2.22. The Labute approximate surface area is 282 Å². The fourth-order valence-electron chi connectivity index (χ4n) is 5.79. The van der Waals surface area contributed by atoms with E-state index in [1.807, 2.05) is 49.1 Å². The Bertz CT molecular complexity index is 1420. The van der Waals surface area contributed by atoms with Gasteiger partial charge in [0.15, 0.2) is 11.6 Å². The number of aryl methyl sites for hydroxylation is 2. The SMILES string of the molecule is CCCCCCCCCCc1cnc(-c2ccc(OC(=O)c3ccc(-c4ncc(CCCCCCCCCC)cn4)cc3)cc2)nc1. The minimum absolute atomic E-state index is 0.410. The number of carbonyl (C=O) groups excluding carboxylic acids is 1. The van der Waals surface area contributed by atoms with E-state index in [2.05, 4.69) is 33.8 Å². The van der Waals surface area contributed by atoms with Crippen molar-refractivity contribution >= 4 is 5.97 Å². The van der Waals surface area contributed by atoms with E-state index in [-0.39, 0.29) is 0 Å². The third-order valence-corrected chi connectivity index (χ3v) is 8.75. The second-order valence-corrected chi connectivity index (χ2v) is 12.8. The van der Waals surface area contributed by atoms with Gasteiger partial charge in [-0.25, -0.2) is 24.7 Å². The Kier molecular flexibility index (Phi) is 16.1. The van der Waals surface area contributed by atoms with Crippen molar-refractivity contribution in [2.75, 3.05) is 0 Å². The Morgan fingerprint density at radius 3 is 1.26 bits per heavy atom. The number of ether oxygens (including phenoxy) is 1. The minimum atomic E-state index is -0.410. The molecule has 0 spiro atoms. The maximum absolute atomic E-state index is 12.8. The summed E-state index contributed by atoms with van der Waals surface area (Å²) in [6, 6.07) is 14.6. The summed E-state index contributed by atoms with van der Waals surface area (Å²) >= 11 is 0. The lowest BCUT2D eigenvalue weighted by Crippen LogP contribution is -2.08. The van der Waals surface area contributed by atoms with Crippen LogP contribution in [0.5, 0.6) is 5.75 Å². The highest BCUT2D eigenvalue weighted by atomic mass is 16.5. The first-order valence-electron chi connectivity index (χ1n) is 18.2. The van der Waals surface area contributed by atoms with Crippen LogP contribution >= 0.6 is 0 Å². The Morgan fingerprint density at radius 2 is 0.851 bits per heavy atom. The summed E-state index contributed by atoms with van der Waals surface area (Å²) in [6.07, 6.45) is 30.7. The summed E-state index contributed by atoms with van der Waals surface area (Å²) in [4.78, 5) is 31.1. The van der Waals surface area contributed by atoms with E-state index >= 15 is 0 Å². The van der Waals surface area contributed by atoms with Crippen LogP contribution in [-0.4, -0.2) is 25.9 Å². The standard InChI is InChI=1S/C41H54N4O2/c1-3-5-7-9-11-13-15-17-19-33-29-42-39(43-30-33)35-21-23-37(24-22-35)41(46)47-38-27-25-36(26-28-38)40-44-31-34(32-45-40)20-18-16-14-12-10-8-6-4-2/h21-32H,3-20H2,1-2H3. The number of hydrogen-bond acceptors (Lipinski definition) is 6. The van der Waals surface area contributed by atoms with E-state index in [0.717, 1.165) is 24.0 Å². The zero-order chi connectivity index (χ0) is 32.9. The molecule has 4 aromatic rings. The molecule has 2 aromatic carbocycles. The van der Waals surface area contributed by atoms with Gasteiger partial charge in [0.1, 0.15) is 5.75 Å².